The molecule has 0 spiro atoms. The minimum Gasteiger partial charge on any atom is -0.350 e. The van der Waals surface area contributed by atoms with Crippen LogP contribution in [0, 0.1) is 34.6 Å². The number of nitrogens with zero attached hydrogens (tertiary/aromatic N) is 1. The van der Waals surface area contributed by atoms with E-state index in [0.29, 0.717) is 17.0 Å². The Morgan fingerprint density at radius 3 is 2.10 bits per heavy atom. The van der Waals surface area contributed by atoms with Gasteiger partial charge in [0.25, 0.3) is 11.8 Å². The molecule has 1 N–H and O–H groups in total. The van der Waals surface area contributed by atoms with Gasteiger partial charge in [0.15, 0.2) is 0 Å². The third-order valence-corrected chi connectivity index (χ3v) is 5.89. The molecule has 0 unspecified atom stereocenters. The maximum Gasteiger partial charge on any atom is 0.282 e. The summed E-state index contributed by atoms with van der Waals surface area (Å²) in [7, 11) is 0. The van der Waals surface area contributed by atoms with Crippen LogP contribution in [0.3, 0.4) is 0 Å². The summed E-state index contributed by atoms with van der Waals surface area (Å²) in [5, 5.41) is 3.30. The molecule has 0 aliphatic carbocycles. The van der Waals surface area contributed by atoms with Crippen molar-refractivity contribution in [2.24, 2.45) is 0 Å². The van der Waals surface area contributed by atoms with Gasteiger partial charge in [-0.3, -0.25) is 9.59 Å². The van der Waals surface area contributed by atoms with Crippen LogP contribution < -0.4 is 10.2 Å². The zero-order chi connectivity index (χ0) is 22.3. The first-order valence-electron chi connectivity index (χ1n) is 10.4. The van der Waals surface area contributed by atoms with Crippen LogP contribution in [-0.4, -0.2) is 11.8 Å². The Morgan fingerprint density at radius 1 is 0.677 bits per heavy atom. The Hall–Kier alpha value is -3.66. The molecule has 1 heterocycles. The van der Waals surface area contributed by atoms with Crippen molar-refractivity contribution in [2.75, 3.05) is 10.2 Å². The number of carbonyl (C=O) groups is 2. The predicted molar refractivity (Wildman–Crippen MR) is 126 cm³/mol. The second kappa shape index (κ2) is 7.88. The molecular weight excluding hydrogens is 384 g/mol. The van der Waals surface area contributed by atoms with Gasteiger partial charge in [0.1, 0.15) is 5.70 Å². The van der Waals surface area contributed by atoms with Crippen LogP contribution in [-0.2, 0) is 9.59 Å². The van der Waals surface area contributed by atoms with E-state index in [1.165, 1.54) is 4.90 Å². The molecule has 4 heteroatoms. The van der Waals surface area contributed by atoms with Crippen LogP contribution in [0.2, 0.25) is 0 Å². The van der Waals surface area contributed by atoms with Crippen molar-refractivity contribution in [3.05, 3.63) is 99.7 Å². The summed E-state index contributed by atoms with van der Waals surface area (Å²) in [6.07, 6.45) is 0. The van der Waals surface area contributed by atoms with Crippen molar-refractivity contribution in [1.82, 2.24) is 0 Å². The molecule has 31 heavy (non-hydrogen) atoms. The van der Waals surface area contributed by atoms with Gasteiger partial charge in [-0.2, -0.15) is 0 Å². The number of imide groups is 1. The van der Waals surface area contributed by atoms with Crippen molar-refractivity contribution in [2.45, 2.75) is 34.6 Å². The highest BCUT2D eigenvalue weighted by molar-refractivity contribution is 6.46. The summed E-state index contributed by atoms with van der Waals surface area (Å²) in [6, 6.07) is 19.4. The summed E-state index contributed by atoms with van der Waals surface area (Å²) in [5.74, 6) is -0.649. The van der Waals surface area contributed by atoms with Gasteiger partial charge in [0.2, 0.25) is 0 Å². The monoisotopic (exact) mass is 410 g/mol. The molecule has 3 aromatic rings. The summed E-state index contributed by atoms with van der Waals surface area (Å²) >= 11 is 0. The number of rotatable bonds is 4. The average Bonchev–Trinajstić information content (AvgIpc) is 2.97. The standard InChI is InChI=1S/C27H26N2O2/c1-16-10-11-18(3)22(14-16)28-25-24(21-13-12-17(2)20(5)15-21)26(30)29(27(25)31)23-9-7-6-8-19(23)4/h6-15,28H,1-5H3. The van der Waals surface area contributed by atoms with Gasteiger partial charge in [-0.05, 0) is 80.1 Å². The Bertz CT molecular complexity index is 1250. The van der Waals surface area contributed by atoms with Crippen LogP contribution in [0.1, 0.15) is 33.4 Å². The number of anilines is 2. The van der Waals surface area contributed by atoms with Crippen molar-refractivity contribution < 1.29 is 9.59 Å². The fourth-order valence-corrected chi connectivity index (χ4v) is 3.85. The van der Waals surface area contributed by atoms with E-state index < -0.39 is 0 Å². The molecule has 0 saturated carbocycles. The van der Waals surface area contributed by atoms with Crippen molar-refractivity contribution in [3.8, 4) is 0 Å². The Balaban J connectivity index is 1.89. The molecule has 0 radical (unpaired) electrons. The fraction of sp³-hybridized carbons (Fsp3) is 0.185. The second-order valence-electron chi connectivity index (χ2n) is 8.22. The molecule has 1 aliphatic heterocycles. The molecule has 0 aromatic heterocycles. The molecule has 3 aromatic carbocycles. The lowest BCUT2D eigenvalue weighted by Crippen LogP contribution is -2.33. The molecule has 0 atom stereocenters. The molecule has 2 amide bonds. The Labute approximate surface area is 183 Å². The van der Waals surface area contributed by atoms with E-state index in [0.717, 1.165) is 39.1 Å². The third kappa shape index (κ3) is 3.66. The molecule has 0 fully saturated rings. The average molecular weight is 411 g/mol. The number of carbonyl (C=O) groups excluding carboxylic acids is 2. The first-order valence-corrected chi connectivity index (χ1v) is 10.4. The van der Waals surface area contributed by atoms with E-state index in [1.54, 1.807) is 0 Å². The van der Waals surface area contributed by atoms with Crippen LogP contribution in [0.5, 0.6) is 0 Å². The van der Waals surface area contributed by atoms with E-state index in [2.05, 4.69) is 5.32 Å². The van der Waals surface area contributed by atoms with Crippen LogP contribution in [0.25, 0.3) is 5.57 Å². The summed E-state index contributed by atoms with van der Waals surface area (Å²) in [6.45, 7) is 9.94. The number of hydrogen-bond acceptors (Lipinski definition) is 3. The van der Waals surface area contributed by atoms with Crippen LogP contribution in [0.15, 0.2) is 66.4 Å². The minimum absolute atomic E-state index is 0.310. The highest BCUT2D eigenvalue weighted by atomic mass is 16.2. The lowest BCUT2D eigenvalue weighted by Gasteiger charge is -2.18. The van der Waals surface area contributed by atoms with Crippen molar-refractivity contribution in [1.29, 1.82) is 0 Å². The van der Waals surface area contributed by atoms with E-state index in [4.69, 9.17) is 0 Å². The summed E-state index contributed by atoms with van der Waals surface area (Å²) in [4.78, 5) is 28.5. The number of amides is 2. The maximum absolute atomic E-state index is 13.6. The van der Waals surface area contributed by atoms with Crippen molar-refractivity contribution in [3.63, 3.8) is 0 Å². The zero-order valence-electron chi connectivity index (χ0n) is 18.5. The summed E-state index contributed by atoms with van der Waals surface area (Å²) in [5.41, 5.74) is 8.05. The van der Waals surface area contributed by atoms with E-state index in [1.807, 2.05) is 95.3 Å². The second-order valence-corrected chi connectivity index (χ2v) is 8.22. The number of benzene rings is 3. The molecule has 1 aliphatic rings. The smallest absolute Gasteiger partial charge is 0.282 e. The first kappa shape index (κ1) is 20.6. The number of aryl methyl sites for hydroxylation is 5. The lowest BCUT2D eigenvalue weighted by atomic mass is 9.99. The molecular formula is C27H26N2O2. The topological polar surface area (TPSA) is 49.4 Å². The quantitative estimate of drug-likeness (QED) is 0.568. The van der Waals surface area contributed by atoms with Gasteiger partial charge in [0, 0.05) is 5.69 Å². The van der Waals surface area contributed by atoms with Gasteiger partial charge in [-0.1, -0.05) is 48.5 Å². The Morgan fingerprint density at radius 2 is 1.39 bits per heavy atom. The zero-order valence-corrected chi connectivity index (χ0v) is 18.5. The lowest BCUT2D eigenvalue weighted by molar-refractivity contribution is -0.120. The maximum atomic E-state index is 13.6. The van der Waals surface area contributed by atoms with Gasteiger partial charge < -0.3 is 5.32 Å². The van der Waals surface area contributed by atoms with Crippen LogP contribution >= 0.6 is 0 Å². The fourth-order valence-electron chi connectivity index (χ4n) is 3.85. The normalized spacial score (nSPS) is 13.9. The first-order chi connectivity index (χ1) is 14.8. The van der Waals surface area contributed by atoms with Crippen molar-refractivity contribution >= 4 is 28.8 Å². The van der Waals surface area contributed by atoms with Gasteiger partial charge in [0.05, 0.1) is 11.3 Å². The minimum atomic E-state index is -0.339. The van der Waals surface area contributed by atoms with E-state index in [9.17, 15) is 9.59 Å². The molecule has 156 valence electrons. The number of nitrogens with one attached hydrogen (secondary N) is 1. The molecule has 0 saturated heterocycles. The third-order valence-electron chi connectivity index (χ3n) is 5.89. The van der Waals surface area contributed by atoms with E-state index >= 15 is 0 Å². The highest BCUT2D eigenvalue weighted by Gasteiger charge is 2.41. The number of para-hydroxylation sites is 1. The van der Waals surface area contributed by atoms with E-state index in [-0.39, 0.29) is 11.8 Å². The van der Waals surface area contributed by atoms with Crippen LogP contribution in [0.4, 0.5) is 11.4 Å². The Kier molecular flexibility index (Phi) is 5.24. The van der Waals surface area contributed by atoms with Gasteiger partial charge in [-0.15, -0.1) is 0 Å². The largest absolute Gasteiger partial charge is 0.350 e. The highest BCUT2D eigenvalue weighted by Crippen LogP contribution is 2.36. The van der Waals surface area contributed by atoms with Gasteiger partial charge >= 0.3 is 0 Å². The number of hydrogen-bond donors (Lipinski definition) is 1. The predicted octanol–water partition coefficient (Wildman–Crippen LogP) is 5.63. The molecule has 0 bridgehead atoms. The molecule has 4 nitrogen and oxygen atoms in total. The SMILES string of the molecule is Cc1ccc(C)c(NC2=C(c3ccc(C)c(C)c3)C(=O)N(c3ccccc3C)C2=O)c1. The molecule has 4 rings (SSSR count). The summed E-state index contributed by atoms with van der Waals surface area (Å²) < 4.78 is 0. The van der Waals surface area contributed by atoms with Gasteiger partial charge in [-0.25, -0.2) is 4.90 Å².